The topological polar surface area (TPSA) is 80.5 Å². The van der Waals surface area contributed by atoms with Crippen LogP contribution in [-0.4, -0.2) is 19.5 Å². The van der Waals surface area contributed by atoms with Crippen LogP contribution in [0.25, 0.3) is 94.7 Å². The molecule has 0 aliphatic heterocycles. The average molecular weight is 706 g/mol. The minimum atomic E-state index is -0.144. The first kappa shape index (κ1) is 31.2. The molecule has 0 fully saturated rings. The lowest BCUT2D eigenvalue weighted by Crippen LogP contribution is -2.14. The second kappa shape index (κ2) is 11.6. The summed E-state index contributed by atoms with van der Waals surface area (Å²) in [5.41, 5.74) is 11.9. The Labute approximate surface area is 316 Å². The fourth-order valence-corrected chi connectivity index (χ4v) is 8.71. The van der Waals surface area contributed by atoms with E-state index in [4.69, 9.17) is 19.4 Å². The zero-order valence-electron chi connectivity index (χ0n) is 30.1. The number of benzene rings is 7. The molecule has 0 saturated carbocycles. The molecule has 0 N–H and O–H groups in total. The normalized spacial score (nSPS) is 13.0. The summed E-state index contributed by atoms with van der Waals surface area (Å²) >= 11 is 0. The van der Waals surface area contributed by atoms with Gasteiger partial charge in [-0.1, -0.05) is 135 Å². The molecule has 0 atom stereocenters. The van der Waals surface area contributed by atoms with Crippen molar-refractivity contribution < 1.29 is 4.42 Å². The van der Waals surface area contributed by atoms with E-state index in [9.17, 15) is 5.26 Å². The lowest BCUT2D eigenvalue weighted by Gasteiger charge is -2.21. The van der Waals surface area contributed by atoms with Crippen LogP contribution in [0.1, 0.15) is 30.5 Å². The molecule has 0 spiro atoms. The third kappa shape index (κ3) is 4.50. The molecule has 0 saturated heterocycles. The largest absolute Gasteiger partial charge is 0.455 e. The van der Waals surface area contributed by atoms with E-state index in [0.717, 1.165) is 49.4 Å². The maximum atomic E-state index is 11.1. The Bertz CT molecular complexity index is 3180. The molecule has 0 bridgehead atoms. The molecule has 3 heterocycles. The third-order valence-corrected chi connectivity index (χ3v) is 11.3. The molecule has 3 aromatic heterocycles. The molecule has 0 amide bonds. The fourth-order valence-electron chi connectivity index (χ4n) is 8.71. The smallest absolute Gasteiger partial charge is 0.169 e. The van der Waals surface area contributed by atoms with E-state index in [-0.39, 0.29) is 5.41 Å². The minimum Gasteiger partial charge on any atom is -0.455 e. The summed E-state index contributed by atoms with van der Waals surface area (Å²) in [5.74, 6) is 1.40. The summed E-state index contributed by atoms with van der Waals surface area (Å²) in [6.45, 7) is 4.63. The lowest BCUT2D eigenvalue weighted by atomic mass is 9.82. The first-order chi connectivity index (χ1) is 27.0. The van der Waals surface area contributed by atoms with Gasteiger partial charge < -0.3 is 8.98 Å². The first-order valence-corrected chi connectivity index (χ1v) is 18.4. The Balaban J connectivity index is 1.26. The van der Waals surface area contributed by atoms with Gasteiger partial charge in [-0.15, -0.1) is 0 Å². The van der Waals surface area contributed by atoms with Gasteiger partial charge in [-0.2, -0.15) is 5.26 Å². The second-order valence-electron chi connectivity index (χ2n) is 14.7. The zero-order chi connectivity index (χ0) is 36.8. The predicted octanol–water partition coefficient (Wildman–Crippen LogP) is 12.0. The van der Waals surface area contributed by atoms with Crippen molar-refractivity contribution in [3.63, 3.8) is 0 Å². The summed E-state index contributed by atoms with van der Waals surface area (Å²) in [7, 11) is 0. The van der Waals surface area contributed by atoms with E-state index in [1.54, 1.807) is 0 Å². The monoisotopic (exact) mass is 705 g/mol. The number of aromatic nitrogens is 4. The molecule has 0 unspecified atom stereocenters. The Morgan fingerprint density at radius 2 is 1.18 bits per heavy atom. The molecule has 1 aliphatic carbocycles. The van der Waals surface area contributed by atoms with Gasteiger partial charge in [-0.25, -0.2) is 15.0 Å². The van der Waals surface area contributed by atoms with E-state index >= 15 is 0 Å². The van der Waals surface area contributed by atoms with Gasteiger partial charge in [0.2, 0.25) is 0 Å². The van der Waals surface area contributed by atoms with Gasteiger partial charge in [-0.05, 0) is 52.6 Å². The van der Waals surface area contributed by atoms with Gasteiger partial charge in [0, 0.05) is 32.7 Å². The van der Waals surface area contributed by atoms with Crippen molar-refractivity contribution in [2.24, 2.45) is 0 Å². The Morgan fingerprint density at radius 1 is 0.564 bits per heavy atom. The number of nitriles is 1. The molecule has 55 heavy (non-hydrogen) atoms. The number of para-hydroxylation sites is 2. The number of fused-ring (bicyclic) bond motifs is 9. The molecule has 0 radical (unpaired) electrons. The summed E-state index contributed by atoms with van der Waals surface area (Å²) in [4.78, 5) is 15.0. The van der Waals surface area contributed by atoms with Crippen molar-refractivity contribution in [2.45, 2.75) is 19.3 Å². The maximum Gasteiger partial charge on any atom is 0.169 e. The van der Waals surface area contributed by atoms with Gasteiger partial charge in [0.1, 0.15) is 17.2 Å². The highest BCUT2D eigenvalue weighted by molar-refractivity contribution is 6.18. The molecule has 6 heteroatoms. The van der Waals surface area contributed by atoms with Crippen LogP contribution in [0.4, 0.5) is 0 Å². The zero-order valence-corrected chi connectivity index (χ0v) is 30.1. The van der Waals surface area contributed by atoms with Crippen LogP contribution < -0.4 is 0 Å². The standard InChI is InChI=1S/C49H31N5O/c1-49(2)37-22-12-9-19-32(37)35-27-40-36(26-38(35)49)33-20-10-13-23-39(33)54(40)41-25-31(28-50)43(45-44(41)34-21-11-14-24-42(34)55-45)48-52-46(29-15-5-3-6-16-29)51-47(53-48)30-17-7-4-8-18-30/h3-27H,1-2H3. The van der Waals surface area contributed by atoms with Crippen molar-refractivity contribution in [1.29, 1.82) is 5.26 Å². The van der Waals surface area contributed by atoms with E-state index < -0.39 is 0 Å². The number of nitrogens with zero attached hydrogens (tertiary/aromatic N) is 5. The maximum absolute atomic E-state index is 11.1. The van der Waals surface area contributed by atoms with Crippen molar-refractivity contribution in [3.8, 4) is 57.0 Å². The Kier molecular flexibility index (Phi) is 6.56. The minimum absolute atomic E-state index is 0.144. The summed E-state index contributed by atoms with van der Waals surface area (Å²) in [6.07, 6.45) is 0. The van der Waals surface area contributed by atoms with Crippen LogP contribution >= 0.6 is 0 Å². The second-order valence-corrected chi connectivity index (χ2v) is 14.7. The number of hydrogen-bond acceptors (Lipinski definition) is 5. The summed E-state index contributed by atoms with van der Waals surface area (Å²) < 4.78 is 9.13. The third-order valence-electron chi connectivity index (χ3n) is 11.3. The van der Waals surface area contributed by atoms with Crippen LogP contribution in [0.5, 0.6) is 0 Å². The molecule has 1 aliphatic rings. The van der Waals surface area contributed by atoms with Crippen molar-refractivity contribution >= 4 is 43.7 Å². The average Bonchev–Trinajstić information content (AvgIpc) is 3.86. The summed E-state index contributed by atoms with van der Waals surface area (Å²) in [6, 6.07) is 54.3. The highest BCUT2D eigenvalue weighted by Crippen LogP contribution is 2.51. The van der Waals surface area contributed by atoms with Crippen LogP contribution in [-0.2, 0) is 5.41 Å². The molecule has 258 valence electrons. The quantitative estimate of drug-likeness (QED) is 0.182. The number of rotatable bonds is 4. The molecule has 6 nitrogen and oxygen atoms in total. The number of furan rings is 1. The molecular weight excluding hydrogens is 675 g/mol. The fraction of sp³-hybridized carbons (Fsp3) is 0.0612. The highest BCUT2D eigenvalue weighted by Gasteiger charge is 2.36. The van der Waals surface area contributed by atoms with Gasteiger partial charge in [-0.3, -0.25) is 0 Å². The van der Waals surface area contributed by atoms with Crippen molar-refractivity contribution in [1.82, 2.24) is 19.5 Å². The van der Waals surface area contributed by atoms with E-state index in [1.165, 1.54) is 22.3 Å². The van der Waals surface area contributed by atoms with Gasteiger partial charge >= 0.3 is 0 Å². The Morgan fingerprint density at radius 3 is 1.91 bits per heavy atom. The van der Waals surface area contributed by atoms with E-state index in [0.29, 0.717) is 39.8 Å². The molecule has 11 rings (SSSR count). The Hall–Kier alpha value is -7.36. The van der Waals surface area contributed by atoms with E-state index in [2.05, 4.69) is 91.2 Å². The molecule has 7 aromatic carbocycles. The van der Waals surface area contributed by atoms with Crippen molar-refractivity contribution in [2.75, 3.05) is 0 Å². The molecule has 10 aromatic rings. The van der Waals surface area contributed by atoms with Gasteiger partial charge in [0.25, 0.3) is 0 Å². The van der Waals surface area contributed by atoms with Crippen LogP contribution in [0, 0.1) is 11.3 Å². The summed E-state index contributed by atoms with van der Waals surface area (Å²) in [5, 5.41) is 15.2. The predicted molar refractivity (Wildman–Crippen MR) is 220 cm³/mol. The van der Waals surface area contributed by atoms with Crippen molar-refractivity contribution in [3.05, 3.63) is 168 Å². The number of hydrogen-bond donors (Lipinski definition) is 0. The lowest BCUT2D eigenvalue weighted by molar-refractivity contribution is 0.661. The van der Waals surface area contributed by atoms with Crippen LogP contribution in [0.2, 0.25) is 0 Å². The van der Waals surface area contributed by atoms with Gasteiger partial charge in [0.15, 0.2) is 17.5 Å². The SMILES string of the molecule is CC1(C)c2ccccc2-c2cc3c(cc21)c1ccccc1n3-c1cc(C#N)c(-c2nc(-c3ccccc3)nc(-c3ccccc3)n2)c2oc3ccccc3c12. The van der Waals surface area contributed by atoms with E-state index in [1.807, 2.05) is 84.9 Å². The van der Waals surface area contributed by atoms with Crippen LogP contribution in [0.15, 0.2) is 156 Å². The molecular formula is C49H31N5O. The highest BCUT2D eigenvalue weighted by atomic mass is 16.3. The first-order valence-electron chi connectivity index (χ1n) is 18.4. The van der Waals surface area contributed by atoms with Gasteiger partial charge in [0.05, 0.1) is 33.2 Å². The van der Waals surface area contributed by atoms with Crippen LogP contribution in [0.3, 0.4) is 0 Å².